The van der Waals surface area contributed by atoms with Gasteiger partial charge in [-0.25, -0.2) is 0 Å². The number of fused-ring (bicyclic) bond motifs is 1. The summed E-state index contributed by atoms with van der Waals surface area (Å²) in [6.45, 7) is 0. The first-order chi connectivity index (χ1) is 6.25. The van der Waals surface area contributed by atoms with E-state index in [9.17, 15) is 9.59 Å². The Kier molecular flexibility index (Phi) is 2.12. The van der Waals surface area contributed by atoms with Gasteiger partial charge >= 0.3 is 0 Å². The predicted molar refractivity (Wildman–Crippen MR) is 47.9 cm³/mol. The van der Waals surface area contributed by atoms with Crippen molar-refractivity contribution in [2.24, 2.45) is 11.8 Å². The highest BCUT2D eigenvalue weighted by molar-refractivity contribution is 6.21. The fraction of sp³-hybridized carbons (Fsp3) is 0.556. The number of alkyl halides is 1. The number of carbonyl (C=O) groups is 2. The minimum Gasteiger partial charge on any atom is -0.274 e. The number of imide groups is 1. The van der Waals surface area contributed by atoms with E-state index in [1.807, 2.05) is 12.2 Å². The highest BCUT2D eigenvalue weighted by Gasteiger charge is 2.46. The second kappa shape index (κ2) is 3.14. The first kappa shape index (κ1) is 8.75. The third-order valence-electron chi connectivity index (χ3n) is 2.68. The van der Waals surface area contributed by atoms with E-state index >= 15 is 0 Å². The molecule has 1 fully saturated rings. The first-order valence-corrected chi connectivity index (χ1v) is 4.87. The lowest BCUT2D eigenvalue weighted by atomic mass is 9.86. The van der Waals surface area contributed by atoms with Gasteiger partial charge in [0.2, 0.25) is 11.8 Å². The maximum Gasteiger partial charge on any atom is 0.237 e. The van der Waals surface area contributed by atoms with Crippen LogP contribution < -0.4 is 0 Å². The molecular weight excluding hydrogens is 190 g/mol. The Labute approximate surface area is 81.3 Å². The molecule has 0 radical (unpaired) electrons. The van der Waals surface area contributed by atoms with Crippen molar-refractivity contribution >= 4 is 23.4 Å². The topological polar surface area (TPSA) is 37.4 Å². The lowest BCUT2D eigenvalue weighted by molar-refractivity contribution is -0.138. The van der Waals surface area contributed by atoms with Crippen molar-refractivity contribution in [3.63, 3.8) is 0 Å². The van der Waals surface area contributed by atoms with Crippen molar-refractivity contribution in [1.29, 1.82) is 0 Å². The van der Waals surface area contributed by atoms with Crippen molar-refractivity contribution < 1.29 is 9.59 Å². The molecule has 70 valence electrons. The molecule has 1 aliphatic carbocycles. The average Bonchev–Trinajstić information content (AvgIpc) is 2.41. The number of halogens is 1. The van der Waals surface area contributed by atoms with Gasteiger partial charge < -0.3 is 0 Å². The van der Waals surface area contributed by atoms with E-state index in [1.54, 1.807) is 0 Å². The molecule has 0 aromatic heterocycles. The van der Waals surface area contributed by atoms with Gasteiger partial charge in [0.15, 0.2) is 0 Å². The van der Waals surface area contributed by atoms with Gasteiger partial charge in [0.05, 0.1) is 11.8 Å². The Balaban J connectivity index is 2.30. The summed E-state index contributed by atoms with van der Waals surface area (Å²) in [5, 5.41) is 0. The normalized spacial score (nSPS) is 32.5. The summed E-state index contributed by atoms with van der Waals surface area (Å²) < 4.78 is 0. The van der Waals surface area contributed by atoms with Gasteiger partial charge in [-0.3, -0.25) is 14.5 Å². The second-order valence-corrected chi connectivity index (χ2v) is 3.60. The van der Waals surface area contributed by atoms with Gasteiger partial charge in [-0.15, -0.1) is 11.6 Å². The molecule has 0 spiro atoms. The first-order valence-electron chi connectivity index (χ1n) is 4.33. The molecule has 1 heterocycles. The SMILES string of the molecule is O=C1C2C=CCCC2C(=O)N1CCl. The van der Waals surface area contributed by atoms with Crippen molar-refractivity contribution in [3.8, 4) is 0 Å². The van der Waals surface area contributed by atoms with Crippen LogP contribution in [0.15, 0.2) is 12.2 Å². The summed E-state index contributed by atoms with van der Waals surface area (Å²) in [4.78, 5) is 24.3. The van der Waals surface area contributed by atoms with Crippen molar-refractivity contribution in [2.75, 3.05) is 6.00 Å². The van der Waals surface area contributed by atoms with Crippen molar-refractivity contribution in [3.05, 3.63) is 12.2 Å². The molecule has 1 aliphatic heterocycles. The van der Waals surface area contributed by atoms with E-state index in [4.69, 9.17) is 11.6 Å². The lowest BCUT2D eigenvalue weighted by Gasteiger charge is -2.14. The van der Waals surface area contributed by atoms with Crippen LogP contribution in [0.25, 0.3) is 0 Å². The van der Waals surface area contributed by atoms with Crippen LogP contribution in [-0.4, -0.2) is 22.7 Å². The molecule has 2 aliphatic rings. The van der Waals surface area contributed by atoms with Gasteiger partial charge in [0, 0.05) is 0 Å². The van der Waals surface area contributed by atoms with E-state index in [1.165, 1.54) is 0 Å². The number of likely N-dealkylation sites (tertiary alicyclic amines) is 1. The van der Waals surface area contributed by atoms with Gasteiger partial charge in [-0.05, 0) is 12.8 Å². The molecule has 0 aromatic carbocycles. The van der Waals surface area contributed by atoms with Gasteiger partial charge in [0.25, 0.3) is 0 Å². The van der Waals surface area contributed by atoms with Gasteiger partial charge in [-0.1, -0.05) is 12.2 Å². The smallest absolute Gasteiger partial charge is 0.237 e. The number of hydrogen-bond acceptors (Lipinski definition) is 2. The Hall–Kier alpha value is -0.830. The maximum absolute atomic E-state index is 11.6. The quantitative estimate of drug-likeness (QED) is 0.275. The zero-order valence-corrected chi connectivity index (χ0v) is 7.83. The van der Waals surface area contributed by atoms with Gasteiger partial charge in [-0.2, -0.15) is 0 Å². The maximum atomic E-state index is 11.6. The zero-order chi connectivity index (χ0) is 9.42. The molecule has 2 unspecified atom stereocenters. The molecule has 0 bridgehead atoms. The van der Waals surface area contributed by atoms with E-state index < -0.39 is 0 Å². The summed E-state index contributed by atoms with van der Waals surface area (Å²) in [6.07, 6.45) is 5.46. The average molecular weight is 200 g/mol. The molecule has 0 saturated carbocycles. The molecule has 0 aromatic rings. The summed E-state index contributed by atoms with van der Waals surface area (Å²) in [6, 6.07) is -0.0154. The highest BCUT2D eigenvalue weighted by atomic mass is 35.5. The van der Waals surface area contributed by atoms with Crippen LogP contribution in [0, 0.1) is 11.8 Å². The molecule has 13 heavy (non-hydrogen) atoms. The fourth-order valence-electron chi connectivity index (χ4n) is 1.97. The third-order valence-corrected chi connectivity index (χ3v) is 2.91. The van der Waals surface area contributed by atoms with E-state index in [-0.39, 0.29) is 29.7 Å². The molecule has 2 atom stereocenters. The van der Waals surface area contributed by atoms with E-state index in [2.05, 4.69) is 0 Å². The lowest BCUT2D eigenvalue weighted by Crippen LogP contribution is -2.29. The van der Waals surface area contributed by atoms with Crippen LogP contribution >= 0.6 is 11.6 Å². The molecule has 1 saturated heterocycles. The van der Waals surface area contributed by atoms with E-state index in [0.29, 0.717) is 0 Å². The number of amides is 2. The minimum atomic E-state index is -0.236. The Morgan fingerprint density at radius 1 is 1.46 bits per heavy atom. The number of rotatable bonds is 1. The summed E-state index contributed by atoms with van der Waals surface area (Å²) in [7, 11) is 0. The van der Waals surface area contributed by atoms with Crippen LogP contribution in [0.2, 0.25) is 0 Å². The summed E-state index contributed by atoms with van der Waals surface area (Å²) in [5.41, 5.74) is 0. The third kappa shape index (κ3) is 1.18. The monoisotopic (exact) mass is 199 g/mol. The molecule has 0 N–H and O–H groups in total. The van der Waals surface area contributed by atoms with Crippen molar-refractivity contribution in [2.45, 2.75) is 12.8 Å². The van der Waals surface area contributed by atoms with Crippen LogP contribution in [0.5, 0.6) is 0 Å². The Bertz CT molecular complexity index is 287. The van der Waals surface area contributed by atoms with Gasteiger partial charge in [0.1, 0.15) is 6.00 Å². The standard InChI is InChI=1S/C9H10ClNO2/c10-5-11-8(12)6-3-1-2-4-7(6)9(11)13/h1,3,6-7H,2,4-5H2. The second-order valence-electron chi connectivity index (χ2n) is 3.36. The number of hydrogen-bond donors (Lipinski definition) is 0. The largest absolute Gasteiger partial charge is 0.274 e. The highest BCUT2D eigenvalue weighted by Crippen LogP contribution is 2.34. The Morgan fingerprint density at radius 2 is 2.23 bits per heavy atom. The van der Waals surface area contributed by atoms with Crippen molar-refractivity contribution in [1.82, 2.24) is 4.90 Å². The number of carbonyl (C=O) groups excluding carboxylic acids is 2. The zero-order valence-electron chi connectivity index (χ0n) is 7.07. The summed E-state index contributed by atoms with van der Waals surface area (Å²) in [5.74, 6) is -0.619. The van der Waals surface area contributed by atoms with Crippen LogP contribution in [0.4, 0.5) is 0 Å². The fourth-order valence-corrected chi connectivity index (χ4v) is 2.21. The summed E-state index contributed by atoms with van der Waals surface area (Å²) >= 11 is 5.52. The molecule has 2 rings (SSSR count). The van der Waals surface area contributed by atoms with Crippen LogP contribution in [-0.2, 0) is 9.59 Å². The van der Waals surface area contributed by atoms with Crippen LogP contribution in [0.1, 0.15) is 12.8 Å². The Morgan fingerprint density at radius 3 is 2.85 bits per heavy atom. The molecular formula is C9H10ClNO2. The predicted octanol–water partition coefficient (Wildman–Crippen LogP) is 1.13. The van der Waals surface area contributed by atoms with Crippen LogP contribution in [0.3, 0.4) is 0 Å². The minimum absolute atomic E-state index is 0.0154. The molecule has 3 nitrogen and oxygen atoms in total. The van der Waals surface area contributed by atoms with E-state index in [0.717, 1.165) is 17.7 Å². The number of allylic oxidation sites excluding steroid dienone is 1. The molecule has 2 amide bonds. The number of nitrogens with zero attached hydrogens (tertiary/aromatic N) is 1. The molecule has 4 heteroatoms.